The molecule has 0 aliphatic rings. The Balaban J connectivity index is 1.92. The zero-order valence-corrected chi connectivity index (χ0v) is 18.0. The summed E-state index contributed by atoms with van der Waals surface area (Å²) in [6, 6.07) is 19.9. The SMILES string of the molecule is Cc1cc(C(=O)CN(c2cccc(C#N)c2)S(C)(=O)=O)c(C)n1Cc1ccccc1. The van der Waals surface area contributed by atoms with Crippen LogP contribution in [0.25, 0.3) is 0 Å². The third-order valence-electron chi connectivity index (χ3n) is 5.01. The van der Waals surface area contributed by atoms with E-state index in [2.05, 4.69) is 0 Å². The summed E-state index contributed by atoms with van der Waals surface area (Å²) in [6.45, 7) is 4.09. The summed E-state index contributed by atoms with van der Waals surface area (Å²) in [5.41, 5.74) is 3.95. The highest BCUT2D eigenvalue weighted by Crippen LogP contribution is 2.22. The number of ketones is 1. The van der Waals surface area contributed by atoms with Crippen molar-refractivity contribution in [2.24, 2.45) is 0 Å². The smallest absolute Gasteiger partial charge is 0.232 e. The lowest BCUT2D eigenvalue weighted by atomic mass is 10.1. The highest BCUT2D eigenvalue weighted by molar-refractivity contribution is 7.92. The predicted molar refractivity (Wildman–Crippen MR) is 117 cm³/mol. The van der Waals surface area contributed by atoms with E-state index in [1.807, 2.05) is 54.8 Å². The molecule has 0 spiro atoms. The number of hydrogen-bond acceptors (Lipinski definition) is 4. The quantitative estimate of drug-likeness (QED) is 0.545. The van der Waals surface area contributed by atoms with E-state index in [0.717, 1.165) is 27.5 Å². The average molecular weight is 422 g/mol. The number of aromatic nitrogens is 1. The maximum atomic E-state index is 13.1. The molecule has 3 aromatic rings. The van der Waals surface area contributed by atoms with Crippen molar-refractivity contribution < 1.29 is 13.2 Å². The van der Waals surface area contributed by atoms with Gasteiger partial charge in [-0.3, -0.25) is 9.10 Å². The van der Waals surface area contributed by atoms with Gasteiger partial charge in [0.2, 0.25) is 10.0 Å². The number of aryl methyl sites for hydroxylation is 1. The van der Waals surface area contributed by atoms with Gasteiger partial charge in [-0.1, -0.05) is 36.4 Å². The van der Waals surface area contributed by atoms with Gasteiger partial charge in [0.05, 0.1) is 30.1 Å². The predicted octanol–water partition coefficient (Wildman–Crippen LogP) is 3.67. The molecule has 0 fully saturated rings. The van der Waals surface area contributed by atoms with Gasteiger partial charge in [-0.05, 0) is 43.7 Å². The maximum absolute atomic E-state index is 13.1. The van der Waals surface area contributed by atoms with Crippen molar-refractivity contribution >= 4 is 21.5 Å². The number of hydrogen-bond donors (Lipinski definition) is 0. The number of Topliss-reactive ketones (excluding diaryl/α,β-unsaturated/α-hetero) is 1. The van der Waals surface area contributed by atoms with E-state index in [1.165, 1.54) is 6.07 Å². The Morgan fingerprint density at radius 2 is 1.77 bits per heavy atom. The van der Waals surface area contributed by atoms with Crippen LogP contribution < -0.4 is 4.31 Å². The molecular weight excluding hydrogens is 398 g/mol. The monoisotopic (exact) mass is 421 g/mol. The normalized spacial score (nSPS) is 11.1. The third kappa shape index (κ3) is 4.61. The van der Waals surface area contributed by atoms with Crippen LogP contribution >= 0.6 is 0 Å². The highest BCUT2D eigenvalue weighted by atomic mass is 32.2. The van der Waals surface area contributed by atoms with Crippen molar-refractivity contribution in [3.05, 3.63) is 88.7 Å². The van der Waals surface area contributed by atoms with Crippen LogP contribution in [-0.2, 0) is 16.6 Å². The number of benzene rings is 2. The molecule has 6 nitrogen and oxygen atoms in total. The third-order valence-corrected chi connectivity index (χ3v) is 6.15. The average Bonchev–Trinajstić information content (AvgIpc) is 3.00. The van der Waals surface area contributed by atoms with Crippen LogP contribution in [0.5, 0.6) is 0 Å². The minimum absolute atomic E-state index is 0.294. The largest absolute Gasteiger partial charge is 0.344 e. The first-order valence-corrected chi connectivity index (χ1v) is 11.3. The van der Waals surface area contributed by atoms with Crippen LogP contribution in [0.2, 0.25) is 0 Å². The van der Waals surface area contributed by atoms with Gasteiger partial charge in [0.1, 0.15) is 0 Å². The molecular formula is C23H23N3O3S. The van der Waals surface area contributed by atoms with Gasteiger partial charge in [0, 0.05) is 23.5 Å². The van der Waals surface area contributed by atoms with Crippen LogP contribution in [-0.4, -0.2) is 31.6 Å². The summed E-state index contributed by atoms with van der Waals surface area (Å²) in [7, 11) is -3.71. The topological polar surface area (TPSA) is 83.2 Å². The van der Waals surface area contributed by atoms with Gasteiger partial charge in [-0.2, -0.15) is 5.26 Å². The van der Waals surface area contributed by atoms with Gasteiger partial charge in [0.25, 0.3) is 0 Å². The minimum Gasteiger partial charge on any atom is -0.344 e. The number of nitriles is 1. The number of sulfonamides is 1. The summed E-state index contributed by atoms with van der Waals surface area (Å²) >= 11 is 0. The Morgan fingerprint density at radius 3 is 2.40 bits per heavy atom. The minimum atomic E-state index is -3.71. The molecule has 0 aliphatic carbocycles. The van der Waals surface area contributed by atoms with E-state index in [4.69, 9.17) is 5.26 Å². The van der Waals surface area contributed by atoms with Crippen molar-refractivity contribution in [1.82, 2.24) is 4.57 Å². The van der Waals surface area contributed by atoms with Gasteiger partial charge < -0.3 is 4.57 Å². The fourth-order valence-electron chi connectivity index (χ4n) is 3.44. The first-order chi connectivity index (χ1) is 14.2. The van der Waals surface area contributed by atoms with Gasteiger partial charge in [-0.15, -0.1) is 0 Å². The standard InChI is InChI=1S/C23H23N3O3S/c1-17-12-22(18(2)25(17)15-19-8-5-4-6-9-19)23(27)16-26(30(3,28)29)21-11-7-10-20(13-21)14-24/h4-13H,15-16H2,1-3H3. The van der Waals surface area contributed by atoms with E-state index in [-0.39, 0.29) is 12.3 Å². The van der Waals surface area contributed by atoms with Gasteiger partial charge in [-0.25, -0.2) is 8.42 Å². The summed E-state index contributed by atoms with van der Waals surface area (Å²) in [4.78, 5) is 13.1. The first kappa shape index (κ1) is 21.3. The molecule has 0 bridgehead atoms. The van der Waals surface area contributed by atoms with Gasteiger partial charge >= 0.3 is 0 Å². The second-order valence-electron chi connectivity index (χ2n) is 7.21. The van der Waals surface area contributed by atoms with E-state index in [1.54, 1.807) is 24.3 Å². The van der Waals surface area contributed by atoms with Crippen molar-refractivity contribution in [1.29, 1.82) is 5.26 Å². The molecule has 7 heteroatoms. The molecule has 0 unspecified atom stereocenters. The molecule has 0 radical (unpaired) electrons. The van der Waals surface area contributed by atoms with E-state index in [9.17, 15) is 13.2 Å². The lowest BCUT2D eigenvalue weighted by Crippen LogP contribution is -2.35. The Hall–Kier alpha value is -3.37. The molecule has 1 heterocycles. The van der Waals surface area contributed by atoms with E-state index < -0.39 is 10.0 Å². The molecule has 30 heavy (non-hydrogen) atoms. The summed E-state index contributed by atoms with van der Waals surface area (Å²) in [5, 5.41) is 9.11. The molecule has 0 aliphatic heterocycles. The van der Waals surface area contributed by atoms with Crippen molar-refractivity contribution in [2.45, 2.75) is 20.4 Å². The Labute approximate surface area is 177 Å². The zero-order chi connectivity index (χ0) is 21.9. The van der Waals surface area contributed by atoms with Crippen LogP contribution in [0, 0.1) is 25.2 Å². The van der Waals surface area contributed by atoms with E-state index in [0.29, 0.717) is 23.4 Å². The molecule has 0 saturated carbocycles. The Bertz CT molecular complexity index is 1220. The first-order valence-electron chi connectivity index (χ1n) is 9.42. The zero-order valence-electron chi connectivity index (χ0n) is 17.2. The Kier molecular flexibility index (Phi) is 6.09. The number of nitrogens with zero attached hydrogens (tertiary/aromatic N) is 3. The molecule has 0 atom stereocenters. The van der Waals surface area contributed by atoms with E-state index >= 15 is 0 Å². The molecule has 154 valence electrons. The van der Waals surface area contributed by atoms with Gasteiger partial charge in [0.15, 0.2) is 5.78 Å². The van der Waals surface area contributed by atoms with Crippen LogP contribution in [0.15, 0.2) is 60.7 Å². The molecule has 2 aromatic carbocycles. The molecule has 0 N–H and O–H groups in total. The van der Waals surface area contributed by atoms with Crippen LogP contribution in [0.4, 0.5) is 5.69 Å². The highest BCUT2D eigenvalue weighted by Gasteiger charge is 2.24. The molecule has 3 rings (SSSR count). The van der Waals surface area contributed by atoms with Crippen molar-refractivity contribution in [3.63, 3.8) is 0 Å². The van der Waals surface area contributed by atoms with Crippen LogP contribution in [0.3, 0.4) is 0 Å². The molecule has 1 aromatic heterocycles. The maximum Gasteiger partial charge on any atom is 0.232 e. The number of rotatable bonds is 7. The van der Waals surface area contributed by atoms with Crippen molar-refractivity contribution in [3.8, 4) is 6.07 Å². The Morgan fingerprint density at radius 1 is 1.07 bits per heavy atom. The molecule has 0 amide bonds. The summed E-state index contributed by atoms with van der Waals surface area (Å²) in [5.74, 6) is -0.296. The van der Waals surface area contributed by atoms with Crippen molar-refractivity contribution in [2.75, 3.05) is 17.1 Å². The van der Waals surface area contributed by atoms with Crippen LogP contribution in [0.1, 0.15) is 32.9 Å². The lowest BCUT2D eigenvalue weighted by Gasteiger charge is -2.22. The second-order valence-corrected chi connectivity index (χ2v) is 9.12. The second kappa shape index (κ2) is 8.56. The fraction of sp³-hybridized carbons (Fsp3) is 0.217. The number of carbonyl (C=O) groups excluding carboxylic acids is 1. The number of anilines is 1. The summed E-state index contributed by atoms with van der Waals surface area (Å²) in [6.07, 6.45) is 1.05. The number of carbonyl (C=O) groups is 1. The fourth-order valence-corrected chi connectivity index (χ4v) is 4.29. The summed E-state index contributed by atoms with van der Waals surface area (Å²) < 4.78 is 27.9. The lowest BCUT2D eigenvalue weighted by molar-refractivity contribution is 0.100. The molecule has 0 saturated heterocycles.